The Labute approximate surface area is 164 Å². The van der Waals surface area contributed by atoms with Crippen LogP contribution in [0.4, 0.5) is 5.69 Å². The van der Waals surface area contributed by atoms with Gasteiger partial charge in [-0.05, 0) is 24.3 Å². The number of hydrogen-bond donors (Lipinski definition) is 3. The van der Waals surface area contributed by atoms with Gasteiger partial charge in [0.05, 0.1) is 29.9 Å². The summed E-state index contributed by atoms with van der Waals surface area (Å²) < 4.78 is 0. The number of imidazole rings is 1. The third kappa shape index (κ3) is 4.22. The summed E-state index contributed by atoms with van der Waals surface area (Å²) in [7, 11) is 0. The number of benzene rings is 2. The van der Waals surface area contributed by atoms with Crippen molar-refractivity contribution in [3.05, 3.63) is 48.5 Å². The van der Waals surface area contributed by atoms with Crippen LogP contribution in [0.3, 0.4) is 0 Å². The SMILES string of the molecule is O=C(CN1CCN(CCO)CC1)Nc1ccccc1-c1nc2ccccc2[nH]1. The van der Waals surface area contributed by atoms with Crippen molar-refractivity contribution in [3.8, 4) is 11.4 Å². The average Bonchev–Trinajstić information content (AvgIpc) is 3.14. The van der Waals surface area contributed by atoms with Crippen molar-refractivity contribution in [2.45, 2.75) is 0 Å². The molecular weight excluding hydrogens is 354 g/mol. The lowest BCUT2D eigenvalue weighted by Gasteiger charge is -2.33. The topological polar surface area (TPSA) is 84.5 Å². The molecule has 0 radical (unpaired) electrons. The maximum absolute atomic E-state index is 12.6. The summed E-state index contributed by atoms with van der Waals surface area (Å²) in [6, 6.07) is 15.6. The van der Waals surface area contributed by atoms with Gasteiger partial charge >= 0.3 is 0 Å². The number of carbonyl (C=O) groups excluding carboxylic acids is 1. The van der Waals surface area contributed by atoms with E-state index in [0.29, 0.717) is 13.1 Å². The van der Waals surface area contributed by atoms with Gasteiger partial charge in [-0.1, -0.05) is 24.3 Å². The van der Waals surface area contributed by atoms with Gasteiger partial charge in [0.15, 0.2) is 0 Å². The van der Waals surface area contributed by atoms with E-state index in [1.165, 1.54) is 0 Å². The fourth-order valence-corrected chi connectivity index (χ4v) is 3.58. The highest BCUT2D eigenvalue weighted by atomic mass is 16.3. The number of β-amino-alcohol motifs (C(OH)–C–C–N with tert-alkyl or cyclic N) is 1. The molecule has 3 N–H and O–H groups in total. The number of aromatic nitrogens is 2. The Morgan fingerprint density at radius 1 is 1.04 bits per heavy atom. The largest absolute Gasteiger partial charge is 0.395 e. The molecule has 1 aromatic heterocycles. The van der Waals surface area contributed by atoms with Crippen LogP contribution in [0.2, 0.25) is 0 Å². The number of aliphatic hydroxyl groups excluding tert-OH is 1. The molecule has 3 aromatic rings. The lowest BCUT2D eigenvalue weighted by Crippen LogP contribution is -2.49. The molecule has 0 atom stereocenters. The number of aliphatic hydroxyl groups is 1. The van der Waals surface area contributed by atoms with Crippen molar-refractivity contribution in [2.75, 3.05) is 51.2 Å². The summed E-state index contributed by atoms with van der Waals surface area (Å²) in [6.07, 6.45) is 0. The highest BCUT2D eigenvalue weighted by Gasteiger charge is 2.19. The first-order chi connectivity index (χ1) is 13.7. The van der Waals surface area contributed by atoms with E-state index in [-0.39, 0.29) is 12.5 Å². The van der Waals surface area contributed by atoms with E-state index in [2.05, 4.69) is 25.1 Å². The highest BCUT2D eigenvalue weighted by Crippen LogP contribution is 2.27. The van der Waals surface area contributed by atoms with E-state index in [4.69, 9.17) is 5.11 Å². The number of hydrogen-bond acceptors (Lipinski definition) is 5. The molecule has 0 unspecified atom stereocenters. The second-order valence-electron chi connectivity index (χ2n) is 7.04. The van der Waals surface area contributed by atoms with Crippen LogP contribution in [0.15, 0.2) is 48.5 Å². The average molecular weight is 379 g/mol. The Bertz CT molecular complexity index is 914. The zero-order valence-electron chi connectivity index (χ0n) is 15.8. The quantitative estimate of drug-likeness (QED) is 0.608. The van der Waals surface area contributed by atoms with Crippen LogP contribution in [0.25, 0.3) is 22.4 Å². The monoisotopic (exact) mass is 379 g/mol. The Balaban J connectivity index is 1.43. The zero-order chi connectivity index (χ0) is 19.3. The van der Waals surface area contributed by atoms with Gasteiger partial charge in [0.1, 0.15) is 5.82 Å². The fraction of sp³-hybridized carbons (Fsp3) is 0.333. The number of H-pyrrole nitrogens is 1. The first kappa shape index (κ1) is 18.6. The number of para-hydroxylation sites is 3. The first-order valence-electron chi connectivity index (χ1n) is 9.62. The molecule has 4 rings (SSSR count). The molecule has 2 heterocycles. The molecule has 1 aliphatic rings. The van der Waals surface area contributed by atoms with Crippen molar-refractivity contribution in [1.82, 2.24) is 19.8 Å². The summed E-state index contributed by atoms with van der Waals surface area (Å²) in [5.74, 6) is 0.717. The number of anilines is 1. The normalized spacial score (nSPS) is 15.8. The summed E-state index contributed by atoms with van der Waals surface area (Å²) in [4.78, 5) is 24.9. The van der Waals surface area contributed by atoms with Crippen LogP contribution >= 0.6 is 0 Å². The fourth-order valence-electron chi connectivity index (χ4n) is 3.58. The predicted octanol–water partition coefficient (Wildman–Crippen LogP) is 1.78. The molecule has 0 saturated carbocycles. The van der Waals surface area contributed by atoms with Gasteiger partial charge in [0, 0.05) is 38.3 Å². The number of carbonyl (C=O) groups is 1. The minimum atomic E-state index is -0.0285. The Morgan fingerprint density at radius 3 is 2.54 bits per heavy atom. The molecule has 2 aromatic carbocycles. The number of fused-ring (bicyclic) bond motifs is 1. The molecule has 0 spiro atoms. The van der Waals surface area contributed by atoms with Gasteiger partial charge in [0.2, 0.25) is 5.91 Å². The van der Waals surface area contributed by atoms with Crippen LogP contribution in [-0.2, 0) is 4.79 Å². The van der Waals surface area contributed by atoms with Crippen molar-refractivity contribution < 1.29 is 9.90 Å². The number of aromatic amines is 1. The van der Waals surface area contributed by atoms with Gasteiger partial charge in [-0.25, -0.2) is 4.98 Å². The zero-order valence-corrected chi connectivity index (χ0v) is 15.8. The van der Waals surface area contributed by atoms with E-state index in [1.54, 1.807) is 0 Å². The Morgan fingerprint density at radius 2 is 1.75 bits per heavy atom. The summed E-state index contributed by atoms with van der Waals surface area (Å²) >= 11 is 0. The van der Waals surface area contributed by atoms with E-state index in [1.807, 2.05) is 48.5 Å². The molecule has 146 valence electrons. The van der Waals surface area contributed by atoms with E-state index in [0.717, 1.165) is 54.3 Å². The number of rotatable bonds is 6. The van der Waals surface area contributed by atoms with Gasteiger partial charge in [-0.3, -0.25) is 14.6 Å². The van der Waals surface area contributed by atoms with Gasteiger partial charge in [-0.15, -0.1) is 0 Å². The van der Waals surface area contributed by atoms with Crippen molar-refractivity contribution >= 4 is 22.6 Å². The number of piperazine rings is 1. The minimum Gasteiger partial charge on any atom is -0.395 e. The molecule has 1 aliphatic heterocycles. The predicted molar refractivity (Wildman–Crippen MR) is 110 cm³/mol. The van der Waals surface area contributed by atoms with Gasteiger partial charge in [-0.2, -0.15) is 0 Å². The van der Waals surface area contributed by atoms with Crippen molar-refractivity contribution in [2.24, 2.45) is 0 Å². The van der Waals surface area contributed by atoms with Crippen LogP contribution in [0, 0.1) is 0 Å². The minimum absolute atomic E-state index is 0.0285. The molecule has 1 fully saturated rings. The molecule has 1 amide bonds. The van der Waals surface area contributed by atoms with Crippen LogP contribution in [-0.4, -0.2) is 76.7 Å². The highest BCUT2D eigenvalue weighted by molar-refractivity contribution is 5.96. The van der Waals surface area contributed by atoms with Gasteiger partial charge < -0.3 is 15.4 Å². The second kappa shape index (κ2) is 8.52. The smallest absolute Gasteiger partial charge is 0.238 e. The maximum Gasteiger partial charge on any atom is 0.238 e. The number of nitrogens with one attached hydrogen (secondary N) is 2. The van der Waals surface area contributed by atoms with Crippen molar-refractivity contribution in [3.63, 3.8) is 0 Å². The maximum atomic E-state index is 12.6. The summed E-state index contributed by atoms with van der Waals surface area (Å²) in [5.41, 5.74) is 3.50. The molecule has 0 bridgehead atoms. The third-order valence-corrected chi connectivity index (χ3v) is 5.09. The van der Waals surface area contributed by atoms with Gasteiger partial charge in [0.25, 0.3) is 0 Å². The third-order valence-electron chi connectivity index (χ3n) is 5.09. The molecular formula is C21H25N5O2. The van der Waals surface area contributed by atoms with E-state index < -0.39 is 0 Å². The molecule has 1 saturated heterocycles. The van der Waals surface area contributed by atoms with Crippen LogP contribution < -0.4 is 5.32 Å². The first-order valence-corrected chi connectivity index (χ1v) is 9.62. The number of nitrogens with zero attached hydrogens (tertiary/aromatic N) is 3. The standard InChI is InChI=1S/C21H25N5O2/c27-14-13-25-9-11-26(12-10-25)15-20(28)22-17-6-2-1-5-16(17)21-23-18-7-3-4-8-19(18)24-21/h1-8,27H,9-15H2,(H,22,28)(H,23,24). The molecule has 28 heavy (non-hydrogen) atoms. The van der Waals surface area contributed by atoms with Crippen LogP contribution in [0.5, 0.6) is 0 Å². The Kier molecular flexibility index (Phi) is 5.66. The number of amides is 1. The lowest BCUT2D eigenvalue weighted by atomic mass is 10.1. The van der Waals surface area contributed by atoms with E-state index >= 15 is 0 Å². The van der Waals surface area contributed by atoms with Crippen LogP contribution in [0.1, 0.15) is 0 Å². The lowest BCUT2D eigenvalue weighted by molar-refractivity contribution is -0.117. The summed E-state index contributed by atoms with van der Waals surface area (Å²) in [6.45, 7) is 4.66. The molecule has 7 nitrogen and oxygen atoms in total. The summed E-state index contributed by atoms with van der Waals surface area (Å²) in [5, 5.41) is 12.1. The molecule has 0 aliphatic carbocycles. The Hall–Kier alpha value is -2.74. The van der Waals surface area contributed by atoms with Crippen molar-refractivity contribution in [1.29, 1.82) is 0 Å². The second-order valence-corrected chi connectivity index (χ2v) is 7.04. The van der Waals surface area contributed by atoms with E-state index in [9.17, 15) is 4.79 Å². The molecule has 7 heteroatoms.